The molecule has 3 aromatic rings. The number of nitrogens with zero attached hydrogens (tertiary/aromatic N) is 1. The second-order valence-corrected chi connectivity index (χ2v) is 7.93. The summed E-state index contributed by atoms with van der Waals surface area (Å²) in [7, 11) is 0. The van der Waals surface area contributed by atoms with Gasteiger partial charge in [0, 0.05) is 23.0 Å². The maximum absolute atomic E-state index is 14.4. The van der Waals surface area contributed by atoms with Crippen molar-refractivity contribution in [1.29, 1.82) is 0 Å². The molecular formula is C25H21ClFNO4. The van der Waals surface area contributed by atoms with Crippen LogP contribution in [0.25, 0.3) is 11.1 Å². The monoisotopic (exact) mass is 453 g/mol. The molecule has 3 aromatic carbocycles. The van der Waals surface area contributed by atoms with Gasteiger partial charge in [0.05, 0.1) is 0 Å². The largest absolute Gasteiger partial charge is 0.479 e. The van der Waals surface area contributed by atoms with Crippen LogP contribution in [0.5, 0.6) is 0 Å². The van der Waals surface area contributed by atoms with Crippen LogP contribution in [0.4, 0.5) is 9.18 Å². The average molecular weight is 454 g/mol. The number of fused-ring (bicyclic) bond motifs is 3. The summed E-state index contributed by atoms with van der Waals surface area (Å²) in [6.45, 7) is 1.66. The third-order valence-electron chi connectivity index (χ3n) is 5.71. The van der Waals surface area contributed by atoms with Gasteiger partial charge in [0.1, 0.15) is 12.4 Å². The Morgan fingerprint density at radius 1 is 1.06 bits per heavy atom. The number of likely N-dealkylation sites (N-methyl/N-ethyl adjacent to an activating group) is 1. The predicted molar refractivity (Wildman–Crippen MR) is 119 cm³/mol. The van der Waals surface area contributed by atoms with Gasteiger partial charge in [0.2, 0.25) is 0 Å². The van der Waals surface area contributed by atoms with Crippen LogP contribution in [0.3, 0.4) is 0 Å². The normalized spacial score (nSPS) is 13.2. The number of hydrogen-bond donors (Lipinski definition) is 1. The van der Waals surface area contributed by atoms with Crippen molar-refractivity contribution in [2.45, 2.75) is 18.9 Å². The molecule has 1 aliphatic carbocycles. The summed E-state index contributed by atoms with van der Waals surface area (Å²) in [5.41, 5.74) is 4.06. The van der Waals surface area contributed by atoms with Gasteiger partial charge in [-0.3, -0.25) is 4.90 Å². The van der Waals surface area contributed by atoms with E-state index in [9.17, 15) is 19.1 Å². The van der Waals surface area contributed by atoms with Crippen LogP contribution in [-0.2, 0) is 9.53 Å². The van der Waals surface area contributed by atoms with Crippen LogP contribution in [0, 0.1) is 5.82 Å². The molecule has 1 atom stereocenters. The molecule has 5 nitrogen and oxygen atoms in total. The van der Waals surface area contributed by atoms with Crippen molar-refractivity contribution in [3.8, 4) is 11.1 Å². The minimum Gasteiger partial charge on any atom is -0.479 e. The van der Waals surface area contributed by atoms with Crippen molar-refractivity contribution >= 4 is 23.7 Å². The minimum absolute atomic E-state index is 0.0135. The first-order valence-electron chi connectivity index (χ1n) is 10.2. The van der Waals surface area contributed by atoms with Crippen LogP contribution in [0.15, 0.2) is 66.7 Å². The Morgan fingerprint density at radius 3 is 2.22 bits per heavy atom. The Morgan fingerprint density at radius 2 is 1.66 bits per heavy atom. The summed E-state index contributed by atoms with van der Waals surface area (Å²) in [5, 5.41) is 9.95. The topological polar surface area (TPSA) is 66.8 Å². The summed E-state index contributed by atoms with van der Waals surface area (Å²) in [6, 6.07) is 17.9. The molecule has 7 heteroatoms. The number of carbonyl (C=O) groups is 2. The number of carbonyl (C=O) groups excluding carboxylic acids is 1. The molecule has 1 aliphatic rings. The molecule has 1 unspecified atom stereocenters. The second kappa shape index (κ2) is 9.01. The van der Waals surface area contributed by atoms with E-state index < -0.39 is 23.9 Å². The number of hydrogen-bond acceptors (Lipinski definition) is 3. The number of carboxylic acid groups (broad SMARTS) is 1. The van der Waals surface area contributed by atoms with Crippen LogP contribution in [-0.4, -0.2) is 35.2 Å². The number of carboxylic acids is 1. The van der Waals surface area contributed by atoms with Crippen molar-refractivity contribution in [1.82, 2.24) is 4.90 Å². The lowest BCUT2D eigenvalue weighted by Gasteiger charge is -2.28. The Bertz CT molecular complexity index is 1140. The number of rotatable bonds is 6. The van der Waals surface area contributed by atoms with E-state index in [1.54, 1.807) is 6.92 Å². The minimum atomic E-state index is -1.56. The molecule has 164 valence electrons. The van der Waals surface area contributed by atoms with E-state index in [0.717, 1.165) is 33.2 Å². The maximum Gasteiger partial charge on any atom is 0.410 e. The van der Waals surface area contributed by atoms with Crippen molar-refractivity contribution in [3.05, 3.63) is 94.3 Å². The highest BCUT2D eigenvalue weighted by atomic mass is 35.5. The lowest BCUT2D eigenvalue weighted by molar-refractivity contribution is -0.143. The molecule has 0 spiro atoms. The molecule has 0 saturated heterocycles. The average Bonchev–Trinajstić information content (AvgIpc) is 3.11. The van der Waals surface area contributed by atoms with Gasteiger partial charge in [0.25, 0.3) is 0 Å². The molecule has 0 saturated carbocycles. The molecule has 0 fully saturated rings. The number of halogens is 2. The highest BCUT2D eigenvalue weighted by Crippen LogP contribution is 2.44. The predicted octanol–water partition coefficient (Wildman–Crippen LogP) is 5.88. The Balaban J connectivity index is 1.59. The standard InChI is InChI=1S/C25H21ClFNO4/c1-2-28(23(24(29)30)20-13-15(26)11-12-22(20)27)25(31)32-14-21-18-9-5-3-7-16(18)17-8-4-6-10-19(17)21/h3-13,21,23H,2,14H2,1H3,(H,29,30). The Labute approximate surface area is 190 Å². The first kappa shape index (κ1) is 21.8. The lowest BCUT2D eigenvalue weighted by atomic mass is 9.98. The van der Waals surface area contributed by atoms with Crippen molar-refractivity contribution < 1.29 is 23.8 Å². The Hall–Kier alpha value is -3.38. The molecule has 1 amide bonds. The molecule has 32 heavy (non-hydrogen) atoms. The highest BCUT2D eigenvalue weighted by Gasteiger charge is 2.35. The molecule has 4 rings (SSSR count). The van der Waals surface area contributed by atoms with E-state index in [-0.39, 0.29) is 29.7 Å². The number of ether oxygens (including phenoxy) is 1. The van der Waals surface area contributed by atoms with Crippen LogP contribution in [0.2, 0.25) is 5.02 Å². The van der Waals surface area contributed by atoms with E-state index in [1.807, 2.05) is 48.5 Å². The van der Waals surface area contributed by atoms with Gasteiger partial charge in [-0.1, -0.05) is 60.1 Å². The molecule has 0 bridgehead atoms. The fourth-order valence-electron chi connectivity index (χ4n) is 4.25. The Kier molecular flexibility index (Phi) is 6.15. The summed E-state index contributed by atoms with van der Waals surface area (Å²) >= 11 is 5.94. The van der Waals surface area contributed by atoms with Gasteiger partial charge >= 0.3 is 12.1 Å². The van der Waals surface area contributed by atoms with E-state index >= 15 is 0 Å². The van der Waals surface area contributed by atoms with Crippen molar-refractivity contribution in [2.75, 3.05) is 13.2 Å². The van der Waals surface area contributed by atoms with Crippen molar-refractivity contribution in [2.24, 2.45) is 0 Å². The van der Waals surface area contributed by atoms with Crippen LogP contribution < -0.4 is 0 Å². The summed E-state index contributed by atoms with van der Waals surface area (Å²) < 4.78 is 20.0. The van der Waals surface area contributed by atoms with E-state index in [2.05, 4.69) is 0 Å². The van der Waals surface area contributed by atoms with Gasteiger partial charge < -0.3 is 9.84 Å². The quantitative estimate of drug-likeness (QED) is 0.506. The molecule has 0 heterocycles. The van der Waals surface area contributed by atoms with Gasteiger partial charge in [-0.05, 0) is 47.4 Å². The third-order valence-corrected chi connectivity index (χ3v) is 5.94. The zero-order valence-electron chi connectivity index (χ0n) is 17.3. The van der Waals surface area contributed by atoms with Gasteiger partial charge in [-0.15, -0.1) is 0 Å². The summed E-state index contributed by atoms with van der Waals surface area (Å²) in [5.74, 6) is -2.30. The summed E-state index contributed by atoms with van der Waals surface area (Å²) in [6.07, 6.45) is -0.832. The molecular weight excluding hydrogens is 433 g/mol. The number of aliphatic carboxylic acids is 1. The lowest BCUT2D eigenvalue weighted by Crippen LogP contribution is -2.40. The van der Waals surface area contributed by atoms with Gasteiger partial charge in [-0.2, -0.15) is 0 Å². The van der Waals surface area contributed by atoms with Crippen LogP contribution >= 0.6 is 11.6 Å². The van der Waals surface area contributed by atoms with Crippen LogP contribution in [0.1, 0.15) is 35.6 Å². The SMILES string of the molecule is CCN(C(=O)OCC1c2ccccc2-c2ccccc21)C(C(=O)O)c1cc(Cl)ccc1F. The number of amides is 1. The molecule has 0 aliphatic heterocycles. The maximum atomic E-state index is 14.4. The first-order chi connectivity index (χ1) is 15.4. The number of benzene rings is 3. The highest BCUT2D eigenvalue weighted by molar-refractivity contribution is 6.30. The zero-order valence-corrected chi connectivity index (χ0v) is 18.1. The fourth-order valence-corrected chi connectivity index (χ4v) is 4.43. The van der Waals surface area contributed by atoms with E-state index in [1.165, 1.54) is 12.1 Å². The summed E-state index contributed by atoms with van der Waals surface area (Å²) in [4.78, 5) is 25.9. The van der Waals surface area contributed by atoms with E-state index in [0.29, 0.717) is 0 Å². The van der Waals surface area contributed by atoms with Crippen molar-refractivity contribution in [3.63, 3.8) is 0 Å². The third kappa shape index (κ3) is 3.94. The fraction of sp³-hybridized carbons (Fsp3) is 0.200. The molecule has 0 aromatic heterocycles. The molecule has 0 radical (unpaired) electrons. The smallest absolute Gasteiger partial charge is 0.410 e. The van der Waals surface area contributed by atoms with Gasteiger partial charge in [-0.25, -0.2) is 14.0 Å². The molecule has 1 N–H and O–H groups in total. The first-order valence-corrected chi connectivity index (χ1v) is 10.6. The van der Waals surface area contributed by atoms with Gasteiger partial charge in [0.15, 0.2) is 6.04 Å². The zero-order chi connectivity index (χ0) is 22.8. The van der Waals surface area contributed by atoms with E-state index in [4.69, 9.17) is 16.3 Å². The second-order valence-electron chi connectivity index (χ2n) is 7.50.